The number of carbonyl (C=O) groups is 1. The summed E-state index contributed by atoms with van der Waals surface area (Å²) in [4.78, 5) is 13.0. The van der Waals surface area contributed by atoms with Crippen LogP contribution in [0.15, 0.2) is 60.7 Å². The van der Waals surface area contributed by atoms with Gasteiger partial charge in [0.05, 0.1) is 11.4 Å². The Kier molecular flexibility index (Phi) is 3.57. The van der Waals surface area contributed by atoms with Crippen molar-refractivity contribution in [3.05, 3.63) is 60.7 Å². The highest BCUT2D eigenvalue weighted by molar-refractivity contribution is 5.98. The molecule has 2 amide bonds. The van der Waals surface area contributed by atoms with Gasteiger partial charge < -0.3 is 0 Å². The van der Waals surface area contributed by atoms with E-state index < -0.39 is 11.3 Å². The van der Waals surface area contributed by atoms with Crippen LogP contribution >= 0.6 is 0 Å². The Morgan fingerprint density at radius 2 is 1.17 bits per heavy atom. The van der Waals surface area contributed by atoms with Gasteiger partial charge in [-0.1, -0.05) is 41.6 Å². The van der Waals surface area contributed by atoms with Gasteiger partial charge in [0.1, 0.15) is 0 Å². The van der Waals surface area contributed by atoms with Crippen molar-refractivity contribution in [2.75, 3.05) is 4.90 Å². The zero-order chi connectivity index (χ0) is 13.0. The first-order valence-electron chi connectivity index (χ1n) is 5.32. The molecule has 5 heteroatoms. The lowest BCUT2D eigenvalue weighted by atomic mass is 10.2. The van der Waals surface area contributed by atoms with Crippen LogP contribution in [-0.2, 0) is 0 Å². The second-order valence-corrected chi connectivity index (χ2v) is 3.58. The highest BCUT2D eigenvalue weighted by Gasteiger charge is 2.21. The van der Waals surface area contributed by atoms with E-state index in [1.165, 1.54) is 4.90 Å². The van der Waals surface area contributed by atoms with Crippen molar-refractivity contribution >= 4 is 17.4 Å². The zero-order valence-electron chi connectivity index (χ0n) is 9.47. The molecule has 5 nitrogen and oxygen atoms in total. The van der Waals surface area contributed by atoms with E-state index in [-0.39, 0.29) is 0 Å². The quantitative estimate of drug-likeness (QED) is 0.630. The van der Waals surface area contributed by atoms with Crippen LogP contribution in [0.2, 0.25) is 0 Å². The van der Waals surface area contributed by atoms with Crippen LogP contribution in [0.4, 0.5) is 16.2 Å². The number of benzene rings is 2. The molecule has 0 bridgehead atoms. The van der Waals surface area contributed by atoms with Crippen molar-refractivity contribution in [1.29, 1.82) is 0 Å². The molecule has 0 heterocycles. The summed E-state index contributed by atoms with van der Waals surface area (Å²) in [6.45, 7) is 0. The molecule has 0 aliphatic rings. The maximum absolute atomic E-state index is 11.8. The minimum absolute atomic E-state index is 0.431. The van der Waals surface area contributed by atoms with Crippen LogP contribution in [0, 0.1) is 0 Å². The van der Waals surface area contributed by atoms with Crippen molar-refractivity contribution in [2.24, 2.45) is 0 Å². The molecule has 0 radical (unpaired) electrons. The number of nitrogens with zero attached hydrogens (tertiary/aromatic N) is 2. The van der Waals surface area contributed by atoms with Gasteiger partial charge in [-0.3, -0.25) is 15.3 Å². The Morgan fingerprint density at radius 1 is 0.778 bits per heavy atom. The van der Waals surface area contributed by atoms with Crippen LogP contribution in [0.5, 0.6) is 0 Å². The fourth-order valence-corrected chi connectivity index (χ4v) is 1.61. The molecule has 0 saturated heterocycles. The van der Waals surface area contributed by atoms with E-state index in [2.05, 4.69) is 0 Å². The molecule has 2 aromatic rings. The topological polar surface area (TPSA) is 64.0 Å². The molecule has 0 unspecified atom stereocenters. The molecule has 2 aromatic carbocycles. The average molecular weight is 244 g/mol. The Hall–Kier alpha value is -2.37. The van der Waals surface area contributed by atoms with Crippen LogP contribution < -0.4 is 4.90 Å². The normalized spacial score (nSPS) is 9.89. The lowest BCUT2D eigenvalue weighted by Gasteiger charge is -2.23. The van der Waals surface area contributed by atoms with Gasteiger partial charge in [-0.25, -0.2) is 4.79 Å². The summed E-state index contributed by atoms with van der Waals surface area (Å²) < 4.78 is 0. The summed E-state index contributed by atoms with van der Waals surface area (Å²) in [6, 6.07) is 16.5. The molecule has 18 heavy (non-hydrogen) atoms. The van der Waals surface area contributed by atoms with E-state index in [0.717, 1.165) is 0 Å². The fourth-order valence-electron chi connectivity index (χ4n) is 1.61. The van der Waals surface area contributed by atoms with Crippen LogP contribution in [0.3, 0.4) is 0 Å². The van der Waals surface area contributed by atoms with Crippen molar-refractivity contribution in [3.8, 4) is 0 Å². The SMILES string of the molecule is O=C(N(O)O)N(c1ccccc1)c1ccccc1. The monoisotopic (exact) mass is 244 g/mol. The van der Waals surface area contributed by atoms with Gasteiger partial charge >= 0.3 is 6.03 Å². The van der Waals surface area contributed by atoms with Crippen molar-refractivity contribution in [3.63, 3.8) is 0 Å². The summed E-state index contributed by atoms with van der Waals surface area (Å²) in [6.07, 6.45) is 0. The van der Waals surface area contributed by atoms with Gasteiger partial charge in [0, 0.05) is 0 Å². The second-order valence-electron chi connectivity index (χ2n) is 3.58. The standard InChI is InChI=1S/C13H12N2O3/c16-13(15(17)18)14(11-7-3-1-4-8-11)12-9-5-2-6-10-12/h1-10,17-18H. The predicted octanol–water partition coefficient (Wildman–Crippen LogP) is 3.03. The summed E-state index contributed by atoms with van der Waals surface area (Å²) in [5, 5.41) is 17.4. The number of amides is 2. The van der Waals surface area contributed by atoms with Crippen molar-refractivity contribution in [2.45, 2.75) is 0 Å². The first kappa shape index (κ1) is 12.1. The summed E-state index contributed by atoms with van der Waals surface area (Å²) >= 11 is 0. The number of urea groups is 1. The number of para-hydroxylation sites is 2. The first-order valence-corrected chi connectivity index (χ1v) is 5.32. The predicted molar refractivity (Wildman–Crippen MR) is 65.8 cm³/mol. The second kappa shape index (κ2) is 5.31. The van der Waals surface area contributed by atoms with Gasteiger partial charge in [-0.15, -0.1) is 0 Å². The van der Waals surface area contributed by atoms with E-state index >= 15 is 0 Å². The zero-order valence-corrected chi connectivity index (χ0v) is 9.47. The molecular weight excluding hydrogens is 232 g/mol. The number of hydrogen-bond donors (Lipinski definition) is 2. The third-order valence-electron chi connectivity index (χ3n) is 2.39. The first-order chi connectivity index (χ1) is 8.70. The Bertz CT molecular complexity index is 475. The summed E-state index contributed by atoms with van der Waals surface area (Å²) in [5.74, 6) is 0. The van der Waals surface area contributed by atoms with E-state index in [0.29, 0.717) is 11.4 Å². The molecule has 0 atom stereocenters. The number of rotatable bonds is 2. The third-order valence-corrected chi connectivity index (χ3v) is 2.39. The number of hydrogen-bond acceptors (Lipinski definition) is 3. The Morgan fingerprint density at radius 3 is 1.50 bits per heavy atom. The molecule has 0 aromatic heterocycles. The van der Waals surface area contributed by atoms with Crippen LogP contribution in [0.25, 0.3) is 0 Å². The number of hydroxylamine groups is 2. The largest absolute Gasteiger partial charge is 0.378 e. The molecular formula is C13H12N2O3. The maximum Gasteiger partial charge on any atom is 0.378 e. The number of carbonyl (C=O) groups excluding carboxylic acids is 1. The lowest BCUT2D eigenvalue weighted by Crippen LogP contribution is -2.36. The molecule has 0 aliphatic heterocycles. The van der Waals surface area contributed by atoms with Gasteiger partial charge in [0.25, 0.3) is 0 Å². The summed E-state index contributed by atoms with van der Waals surface area (Å²) in [7, 11) is 0. The Labute approximate surface area is 104 Å². The third kappa shape index (κ3) is 2.48. The van der Waals surface area contributed by atoms with Crippen LogP contribution in [0.1, 0.15) is 0 Å². The van der Waals surface area contributed by atoms with Crippen LogP contribution in [-0.4, -0.2) is 21.7 Å². The smallest absolute Gasteiger partial charge is 0.260 e. The molecule has 0 spiro atoms. The molecule has 0 aliphatic carbocycles. The summed E-state index contributed by atoms with van der Waals surface area (Å²) in [5.41, 5.74) is 1.09. The van der Waals surface area contributed by atoms with E-state index in [1.54, 1.807) is 48.5 Å². The van der Waals surface area contributed by atoms with Crippen molar-refractivity contribution < 1.29 is 15.2 Å². The molecule has 2 rings (SSSR count). The average Bonchev–Trinajstić information content (AvgIpc) is 2.41. The molecule has 0 saturated carbocycles. The van der Waals surface area contributed by atoms with Gasteiger partial charge in [-0.2, -0.15) is 0 Å². The van der Waals surface area contributed by atoms with E-state index in [1.807, 2.05) is 12.1 Å². The highest BCUT2D eigenvalue weighted by atomic mass is 16.8. The van der Waals surface area contributed by atoms with Gasteiger partial charge in [0.2, 0.25) is 0 Å². The highest BCUT2D eigenvalue weighted by Crippen LogP contribution is 2.25. The minimum atomic E-state index is -0.951. The number of anilines is 2. The van der Waals surface area contributed by atoms with E-state index in [9.17, 15) is 4.79 Å². The maximum atomic E-state index is 11.8. The van der Waals surface area contributed by atoms with Gasteiger partial charge in [-0.05, 0) is 24.3 Å². The molecule has 2 N–H and O–H groups in total. The molecule has 92 valence electrons. The Balaban J connectivity index is 2.45. The lowest BCUT2D eigenvalue weighted by molar-refractivity contribution is -0.256. The van der Waals surface area contributed by atoms with Gasteiger partial charge in [0.15, 0.2) is 0 Å². The van der Waals surface area contributed by atoms with E-state index in [4.69, 9.17) is 10.4 Å². The fraction of sp³-hybridized carbons (Fsp3) is 0. The van der Waals surface area contributed by atoms with Crippen molar-refractivity contribution in [1.82, 2.24) is 5.23 Å². The molecule has 0 fully saturated rings. The minimum Gasteiger partial charge on any atom is -0.260 e.